The van der Waals surface area contributed by atoms with E-state index in [4.69, 9.17) is 10.5 Å². The summed E-state index contributed by atoms with van der Waals surface area (Å²) in [6.45, 7) is 0.197. The molecule has 8 nitrogen and oxygen atoms in total. The molecule has 1 amide bonds. The molecular weight excluding hydrogens is 475 g/mol. The molecule has 1 aliphatic rings. The minimum atomic E-state index is -0.858. The van der Waals surface area contributed by atoms with E-state index in [-0.39, 0.29) is 29.8 Å². The Labute approximate surface area is 212 Å². The first-order valence-electron chi connectivity index (χ1n) is 12.0. The smallest absolute Gasteiger partial charge is 0.338 e. The molecule has 1 saturated carbocycles. The van der Waals surface area contributed by atoms with Gasteiger partial charge in [-0.15, -0.1) is 0 Å². The van der Waals surface area contributed by atoms with Crippen LogP contribution in [0.5, 0.6) is 0 Å². The molecule has 0 saturated heterocycles. The zero-order valence-corrected chi connectivity index (χ0v) is 19.9. The molecule has 0 spiro atoms. The highest BCUT2D eigenvalue weighted by Gasteiger charge is 2.27. The van der Waals surface area contributed by atoms with Crippen LogP contribution in [0, 0.1) is 5.82 Å². The Morgan fingerprint density at radius 3 is 2.43 bits per heavy atom. The summed E-state index contributed by atoms with van der Waals surface area (Å²) in [5.41, 5.74) is 8.42. The Bertz CT molecular complexity index is 1480. The molecule has 1 fully saturated rings. The Morgan fingerprint density at radius 2 is 1.73 bits per heavy atom. The number of nitrogen functional groups attached to an aromatic ring is 1. The number of pyridine rings is 1. The summed E-state index contributed by atoms with van der Waals surface area (Å²) in [7, 11) is 0. The quantitative estimate of drug-likeness (QED) is 0.215. The van der Waals surface area contributed by atoms with Gasteiger partial charge in [0.05, 0.1) is 16.6 Å². The molecule has 2 heterocycles. The molecule has 2 aromatic heterocycles. The highest BCUT2D eigenvalue weighted by Crippen LogP contribution is 2.32. The molecule has 37 heavy (non-hydrogen) atoms. The third kappa shape index (κ3) is 5.06. The van der Waals surface area contributed by atoms with Crippen molar-refractivity contribution in [2.75, 3.05) is 11.1 Å². The SMILES string of the molecule is Nc1c(C(=O)C(=O)Nc2ccncc2)c2ccc(C(=O)OC3CCCC3)cc2n1Cc1ccc(F)cc1. The van der Waals surface area contributed by atoms with Gasteiger partial charge in [0.2, 0.25) is 0 Å². The van der Waals surface area contributed by atoms with Gasteiger partial charge >= 0.3 is 5.97 Å². The van der Waals surface area contributed by atoms with Crippen LogP contribution >= 0.6 is 0 Å². The summed E-state index contributed by atoms with van der Waals surface area (Å²) in [5.74, 6) is -2.45. The molecule has 9 heteroatoms. The van der Waals surface area contributed by atoms with Gasteiger partial charge in [-0.1, -0.05) is 18.2 Å². The van der Waals surface area contributed by atoms with Crippen LogP contribution in [0.15, 0.2) is 67.0 Å². The summed E-state index contributed by atoms with van der Waals surface area (Å²) < 4.78 is 20.8. The maximum absolute atomic E-state index is 13.5. The topological polar surface area (TPSA) is 116 Å². The van der Waals surface area contributed by atoms with E-state index in [2.05, 4.69) is 10.3 Å². The number of benzene rings is 2. The largest absolute Gasteiger partial charge is 0.459 e. The van der Waals surface area contributed by atoms with Crippen molar-refractivity contribution in [2.45, 2.75) is 38.3 Å². The number of fused-ring (bicyclic) bond motifs is 1. The highest BCUT2D eigenvalue weighted by atomic mass is 19.1. The van der Waals surface area contributed by atoms with Crippen molar-refractivity contribution in [1.29, 1.82) is 0 Å². The molecule has 0 bridgehead atoms. The van der Waals surface area contributed by atoms with Crippen LogP contribution in [0.4, 0.5) is 15.9 Å². The Hall–Kier alpha value is -4.53. The van der Waals surface area contributed by atoms with Crippen molar-refractivity contribution in [1.82, 2.24) is 9.55 Å². The van der Waals surface area contributed by atoms with Crippen molar-refractivity contribution in [3.8, 4) is 0 Å². The van der Waals surface area contributed by atoms with E-state index >= 15 is 0 Å². The number of hydrogen-bond acceptors (Lipinski definition) is 6. The maximum atomic E-state index is 13.5. The Balaban J connectivity index is 1.54. The van der Waals surface area contributed by atoms with Crippen molar-refractivity contribution in [3.05, 3.63) is 89.5 Å². The number of nitrogens with one attached hydrogen (secondary N) is 1. The van der Waals surface area contributed by atoms with Crippen molar-refractivity contribution < 1.29 is 23.5 Å². The molecule has 5 rings (SSSR count). The number of halogens is 1. The minimum Gasteiger partial charge on any atom is -0.459 e. The predicted octanol–water partition coefficient (Wildman–Crippen LogP) is 4.73. The molecule has 3 N–H and O–H groups in total. The van der Waals surface area contributed by atoms with Gasteiger partial charge in [-0.3, -0.25) is 14.6 Å². The van der Waals surface area contributed by atoms with Gasteiger partial charge in [0, 0.05) is 30.0 Å². The van der Waals surface area contributed by atoms with E-state index in [1.54, 1.807) is 47.0 Å². The number of nitrogens with two attached hydrogens (primary N) is 1. The number of carbonyl (C=O) groups is 3. The molecule has 0 unspecified atom stereocenters. The minimum absolute atomic E-state index is 0.0272. The van der Waals surface area contributed by atoms with E-state index < -0.39 is 17.7 Å². The monoisotopic (exact) mass is 500 g/mol. The fourth-order valence-electron chi connectivity index (χ4n) is 4.64. The van der Waals surface area contributed by atoms with Crippen LogP contribution in [0.2, 0.25) is 0 Å². The van der Waals surface area contributed by atoms with Crippen LogP contribution in [0.1, 0.15) is 52.0 Å². The first-order valence-corrected chi connectivity index (χ1v) is 12.0. The van der Waals surface area contributed by atoms with Gasteiger partial charge in [0.25, 0.3) is 11.7 Å². The van der Waals surface area contributed by atoms with Crippen molar-refractivity contribution >= 4 is 40.1 Å². The van der Waals surface area contributed by atoms with Gasteiger partial charge in [-0.2, -0.15) is 0 Å². The lowest BCUT2D eigenvalue weighted by Gasteiger charge is -2.12. The van der Waals surface area contributed by atoms with Crippen LogP contribution in [-0.4, -0.2) is 33.3 Å². The number of amides is 1. The van der Waals surface area contributed by atoms with E-state index in [0.29, 0.717) is 22.2 Å². The Kier molecular flexibility index (Phi) is 6.68. The lowest BCUT2D eigenvalue weighted by molar-refractivity contribution is -0.112. The number of ketones is 1. The first kappa shape index (κ1) is 24.2. The molecule has 1 aliphatic carbocycles. The lowest BCUT2D eigenvalue weighted by Crippen LogP contribution is -2.23. The third-order valence-corrected chi connectivity index (χ3v) is 6.54. The van der Waals surface area contributed by atoms with Crippen LogP contribution < -0.4 is 11.1 Å². The van der Waals surface area contributed by atoms with Gasteiger partial charge < -0.3 is 20.4 Å². The summed E-state index contributed by atoms with van der Waals surface area (Å²) in [5, 5.41) is 2.98. The number of esters is 1. The fourth-order valence-corrected chi connectivity index (χ4v) is 4.64. The molecule has 0 aliphatic heterocycles. The number of Topliss-reactive ketones (excluding diaryl/α,β-unsaturated/α-hetero) is 1. The number of anilines is 2. The fraction of sp³-hybridized carbons (Fsp3) is 0.214. The second-order valence-corrected chi connectivity index (χ2v) is 9.04. The highest BCUT2D eigenvalue weighted by molar-refractivity contribution is 6.49. The molecule has 2 aromatic carbocycles. The van der Waals surface area contributed by atoms with E-state index in [0.717, 1.165) is 31.2 Å². The van der Waals surface area contributed by atoms with Crippen LogP contribution in [0.25, 0.3) is 10.9 Å². The van der Waals surface area contributed by atoms with E-state index in [1.807, 2.05) is 0 Å². The first-order chi connectivity index (χ1) is 17.9. The van der Waals surface area contributed by atoms with Gasteiger partial charge in [0.15, 0.2) is 0 Å². The van der Waals surface area contributed by atoms with Gasteiger partial charge in [0.1, 0.15) is 17.7 Å². The zero-order chi connectivity index (χ0) is 25.9. The number of nitrogens with zero attached hydrogens (tertiary/aromatic N) is 2. The molecule has 0 radical (unpaired) electrons. The van der Waals surface area contributed by atoms with Gasteiger partial charge in [-0.25, -0.2) is 9.18 Å². The number of aromatic nitrogens is 2. The van der Waals surface area contributed by atoms with Crippen molar-refractivity contribution in [2.24, 2.45) is 0 Å². The molecule has 0 atom stereocenters. The van der Waals surface area contributed by atoms with Crippen LogP contribution in [0.3, 0.4) is 0 Å². The second kappa shape index (κ2) is 10.2. The average Bonchev–Trinajstić information content (AvgIpc) is 3.51. The standard InChI is InChI=1S/C28H25FN4O4/c29-19-8-5-17(6-9-19)16-33-23-15-18(28(36)37-21-3-1-2-4-21)7-10-22(23)24(26(33)30)25(34)27(35)32-20-11-13-31-14-12-20/h5-15,21H,1-4,16,30H2,(H,31,32,35). The summed E-state index contributed by atoms with van der Waals surface area (Å²) in [6.07, 6.45) is 6.63. The third-order valence-electron chi connectivity index (χ3n) is 6.54. The Morgan fingerprint density at radius 1 is 1.03 bits per heavy atom. The normalized spacial score (nSPS) is 13.5. The number of ether oxygens (including phenoxy) is 1. The maximum Gasteiger partial charge on any atom is 0.338 e. The summed E-state index contributed by atoms with van der Waals surface area (Å²) in [6, 6.07) is 13.8. The lowest BCUT2D eigenvalue weighted by atomic mass is 10.1. The van der Waals surface area contributed by atoms with Crippen LogP contribution in [-0.2, 0) is 16.1 Å². The zero-order valence-electron chi connectivity index (χ0n) is 19.9. The average molecular weight is 501 g/mol. The molecular formula is C28H25FN4O4. The van der Waals surface area contributed by atoms with E-state index in [9.17, 15) is 18.8 Å². The van der Waals surface area contributed by atoms with Gasteiger partial charge in [-0.05, 0) is 67.6 Å². The molecule has 4 aromatic rings. The number of carbonyl (C=O) groups excluding carboxylic acids is 3. The molecule has 188 valence electrons. The van der Waals surface area contributed by atoms with E-state index in [1.165, 1.54) is 24.5 Å². The number of hydrogen-bond donors (Lipinski definition) is 2. The second-order valence-electron chi connectivity index (χ2n) is 9.04. The summed E-state index contributed by atoms with van der Waals surface area (Å²) >= 11 is 0. The summed E-state index contributed by atoms with van der Waals surface area (Å²) in [4.78, 5) is 42.8. The number of rotatable bonds is 7. The predicted molar refractivity (Wildman–Crippen MR) is 137 cm³/mol. The van der Waals surface area contributed by atoms with Crippen molar-refractivity contribution in [3.63, 3.8) is 0 Å².